The number of aromatic nitrogens is 2. The summed E-state index contributed by atoms with van der Waals surface area (Å²) in [6.45, 7) is 0. The van der Waals surface area contributed by atoms with Gasteiger partial charge in [-0.2, -0.15) is 0 Å². The summed E-state index contributed by atoms with van der Waals surface area (Å²) in [6, 6.07) is 12.8. The number of amides is 1. The Morgan fingerprint density at radius 3 is 2.40 bits per heavy atom. The number of carbonyl (C=O) groups is 1. The largest absolute Gasteiger partial charge is 0.369 e. The fourth-order valence-corrected chi connectivity index (χ4v) is 4.64. The molecule has 7 nitrogen and oxygen atoms in total. The summed E-state index contributed by atoms with van der Waals surface area (Å²) in [4.78, 5) is 20.0. The number of pyridine rings is 2. The van der Waals surface area contributed by atoms with Gasteiger partial charge in [0.05, 0.1) is 22.4 Å². The highest BCUT2D eigenvalue weighted by molar-refractivity contribution is 7.93. The van der Waals surface area contributed by atoms with Gasteiger partial charge in [0, 0.05) is 23.5 Å². The topological polar surface area (TPSA) is 115 Å². The number of primary amides is 1. The van der Waals surface area contributed by atoms with Crippen LogP contribution in [0.1, 0.15) is 18.5 Å². The molecule has 2 aromatic heterocycles. The van der Waals surface area contributed by atoms with Gasteiger partial charge in [0.2, 0.25) is 15.9 Å². The average molecular weight is 443 g/mol. The van der Waals surface area contributed by atoms with Gasteiger partial charge in [-0.1, -0.05) is 35.9 Å². The fraction of sp³-hybridized carbons (Fsp3) is 0.190. The van der Waals surface area contributed by atoms with Gasteiger partial charge in [0.1, 0.15) is 5.82 Å². The Bertz CT molecular complexity index is 1210. The molecule has 9 heteroatoms. The van der Waals surface area contributed by atoms with Crippen molar-refractivity contribution < 1.29 is 13.2 Å². The molecule has 3 aromatic rings. The Kier molecular flexibility index (Phi) is 5.44. The summed E-state index contributed by atoms with van der Waals surface area (Å²) in [5, 5.41) is 0.181. The quantitative estimate of drug-likeness (QED) is 0.581. The zero-order valence-electron chi connectivity index (χ0n) is 15.9. The maximum absolute atomic E-state index is 12.2. The van der Waals surface area contributed by atoms with Crippen molar-refractivity contribution in [2.45, 2.75) is 24.5 Å². The summed E-state index contributed by atoms with van der Waals surface area (Å²) in [7, 11) is -3.45. The van der Waals surface area contributed by atoms with Gasteiger partial charge in [-0.3, -0.25) is 14.5 Å². The molecule has 1 saturated carbocycles. The van der Waals surface area contributed by atoms with Crippen LogP contribution in [0.3, 0.4) is 0 Å². The number of nitrogens with zero attached hydrogens (tertiary/aromatic N) is 2. The summed E-state index contributed by atoms with van der Waals surface area (Å²) in [5.41, 5.74) is 9.15. The first-order chi connectivity index (χ1) is 14.3. The van der Waals surface area contributed by atoms with Crippen LogP contribution in [0.2, 0.25) is 5.02 Å². The number of hydrogen-bond donors (Lipinski definition) is 2. The second-order valence-electron chi connectivity index (χ2n) is 7.15. The molecule has 1 aliphatic carbocycles. The minimum atomic E-state index is -3.45. The van der Waals surface area contributed by atoms with E-state index in [2.05, 4.69) is 14.7 Å². The van der Waals surface area contributed by atoms with E-state index in [9.17, 15) is 13.2 Å². The van der Waals surface area contributed by atoms with Crippen molar-refractivity contribution in [2.75, 3.05) is 4.72 Å². The third-order valence-electron chi connectivity index (χ3n) is 4.76. The highest BCUT2D eigenvalue weighted by Crippen LogP contribution is 2.31. The molecule has 0 saturated heterocycles. The first kappa shape index (κ1) is 20.3. The monoisotopic (exact) mass is 442 g/mol. The number of halogens is 1. The molecule has 2 heterocycles. The molecule has 4 rings (SSSR count). The van der Waals surface area contributed by atoms with Gasteiger partial charge < -0.3 is 5.73 Å². The first-order valence-corrected chi connectivity index (χ1v) is 11.3. The Balaban J connectivity index is 1.66. The molecule has 1 aliphatic rings. The Morgan fingerprint density at radius 2 is 1.77 bits per heavy atom. The average Bonchev–Trinajstić information content (AvgIpc) is 3.54. The number of rotatable bonds is 7. The molecule has 154 valence electrons. The van der Waals surface area contributed by atoms with E-state index in [1.807, 2.05) is 30.3 Å². The van der Waals surface area contributed by atoms with E-state index < -0.39 is 15.9 Å². The van der Waals surface area contributed by atoms with Crippen molar-refractivity contribution in [2.24, 2.45) is 5.73 Å². The van der Waals surface area contributed by atoms with Crippen molar-refractivity contribution in [3.8, 4) is 22.3 Å². The minimum absolute atomic E-state index is 0.103. The minimum Gasteiger partial charge on any atom is -0.369 e. The predicted octanol–water partition coefficient (Wildman–Crippen LogP) is 3.40. The van der Waals surface area contributed by atoms with Gasteiger partial charge in [0.25, 0.3) is 0 Å². The standard InChI is InChI=1S/C21H19ClN4O3S/c22-16-9-15(11-24-12-16)13-1-3-14(4-2-13)18-7-8-21(25-19(18)10-20(23)27)26-30(28,29)17-5-6-17/h1-4,7-9,11-12,17H,5-6,10H2,(H2,23,27)(H,25,26). The van der Waals surface area contributed by atoms with Crippen LogP contribution < -0.4 is 10.5 Å². The van der Waals surface area contributed by atoms with Crippen molar-refractivity contribution >= 4 is 33.3 Å². The number of carbonyl (C=O) groups excluding carboxylic acids is 1. The molecule has 3 N–H and O–H groups in total. The lowest BCUT2D eigenvalue weighted by atomic mass is 9.99. The Hall–Kier alpha value is -2.97. The van der Waals surface area contributed by atoms with Gasteiger partial charge in [0.15, 0.2) is 0 Å². The molecule has 0 aliphatic heterocycles. The maximum atomic E-state index is 12.2. The molecule has 1 amide bonds. The zero-order valence-corrected chi connectivity index (χ0v) is 17.4. The number of nitrogens with one attached hydrogen (secondary N) is 1. The molecule has 0 atom stereocenters. The third kappa shape index (κ3) is 4.60. The Labute approximate surface area is 179 Å². The molecular formula is C21H19ClN4O3S. The number of hydrogen-bond acceptors (Lipinski definition) is 5. The maximum Gasteiger partial charge on any atom is 0.236 e. The lowest BCUT2D eigenvalue weighted by Crippen LogP contribution is -2.20. The van der Waals surface area contributed by atoms with Crippen molar-refractivity contribution in [1.82, 2.24) is 9.97 Å². The highest BCUT2D eigenvalue weighted by Gasteiger charge is 2.36. The molecule has 1 aromatic carbocycles. The van der Waals surface area contributed by atoms with Gasteiger partial charge in [-0.05, 0) is 42.2 Å². The van der Waals surface area contributed by atoms with Crippen LogP contribution in [0, 0.1) is 0 Å². The SMILES string of the molecule is NC(=O)Cc1nc(NS(=O)(=O)C2CC2)ccc1-c1ccc(-c2cncc(Cl)c2)cc1. The van der Waals surface area contributed by atoms with Crippen LogP contribution in [0.15, 0.2) is 54.9 Å². The predicted molar refractivity (Wildman–Crippen MR) is 116 cm³/mol. The van der Waals surface area contributed by atoms with E-state index in [0.29, 0.717) is 29.1 Å². The fourth-order valence-electron chi connectivity index (χ4n) is 3.14. The van der Waals surface area contributed by atoms with E-state index in [-0.39, 0.29) is 17.5 Å². The highest BCUT2D eigenvalue weighted by atomic mass is 35.5. The van der Waals surface area contributed by atoms with Crippen LogP contribution in [0.4, 0.5) is 5.82 Å². The van der Waals surface area contributed by atoms with Crippen LogP contribution in [-0.2, 0) is 21.2 Å². The third-order valence-corrected chi connectivity index (χ3v) is 6.81. The molecule has 0 bridgehead atoms. The lowest BCUT2D eigenvalue weighted by molar-refractivity contribution is -0.117. The van der Waals surface area contributed by atoms with Crippen molar-refractivity contribution in [1.29, 1.82) is 0 Å². The van der Waals surface area contributed by atoms with Crippen LogP contribution in [0.5, 0.6) is 0 Å². The van der Waals surface area contributed by atoms with Crippen LogP contribution in [0.25, 0.3) is 22.3 Å². The molecule has 0 unspecified atom stereocenters. The number of anilines is 1. The van der Waals surface area contributed by atoms with E-state index in [0.717, 1.165) is 16.7 Å². The first-order valence-electron chi connectivity index (χ1n) is 9.33. The number of sulfonamides is 1. The molecule has 1 fully saturated rings. The second-order valence-corrected chi connectivity index (χ2v) is 9.55. The van der Waals surface area contributed by atoms with E-state index in [4.69, 9.17) is 17.3 Å². The number of benzene rings is 1. The zero-order chi connectivity index (χ0) is 21.3. The van der Waals surface area contributed by atoms with E-state index in [1.165, 1.54) is 0 Å². The lowest BCUT2D eigenvalue weighted by Gasteiger charge is -2.12. The Morgan fingerprint density at radius 1 is 1.07 bits per heavy atom. The number of nitrogens with two attached hydrogens (primary N) is 1. The van der Waals surface area contributed by atoms with Gasteiger partial charge >= 0.3 is 0 Å². The van der Waals surface area contributed by atoms with Crippen molar-refractivity contribution in [3.05, 3.63) is 65.6 Å². The summed E-state index contributed by atoms with van der Waals surface area (Å²) < 4.78 is 26.9. The van der Waals surface area contributed by atoms with E-state index in [1.54, 1.807) is 24.5 Å². The molecular weight excluding hydrogens is 424 g/mol. The molecule has 0 spiro atoms. The van der Waals surface area contributed by atoms with Crippen LogP contribution in [-0.4, -0.2) is 29.5 Å². The second kappa shape index (κ2) is 8.04. The van der Waals surface area contributed by atoms with Crippen molar-refractivity contribution in [3.63, 3.8) is 0 Å². The smallest absolute Gasteiger partial charge is 0.236 e. The molecule has 30 heavy (non-hydrogen) atoms. The van der Waals surface area contributed by atoms with Gasteiger partial charge in [-0.25, -0.2) is 13.4 Å². The summed E-state index contributed by atoms with van der Waals surface area (Å²) in [5.74, 6) is -0.365. The van der Waals surface area contributed by atoms with Gasteiger partial charge in [-0.15, -0.1) is 0 Å². The molecule has 0 radical (unpaired) electrons. The summed E-state index contributed by atoms with van der Waals surface area (Å²) >= 11 is 6.01. The van der Waals surface area contributed by atoms with Crippen LogP contribution >= 0.6 is 11.6 Å². The van der Waals surface area contributed by atoms with E-state index >= 15 is 0 Å². The summed E-state index contributed by atoms with van der Waals surface area (Å²) in [6.07, 6.45) is 4.49. The normalized spacial score (nSPS) is 13.8.